The van der Waals surface area contributed by atoms with Crippen molar-refractivity contribution in [1.29, 1.82) is 0 Å². The molecular formula is C108H63B3N6O2S. The lowest BCUT2D eigenvalue weighted by Gasteiger charge is -2.35. The molecule has 552 valence electrons. The number of fused-ring (bicyclic) bond motifs is 42. The summed E-state index contributed by atoms with van der Waals surface area (Å²) in [4.78, 5) is 7.68. The second-order valence-corrected chi connectivity index (χ2v) is 33.9. The smallest absolute Gasteiger partial charge is 0.421 e. The number of thiophene rings is 1. The predicted molar refractivity (Wildman–Crippen MR) is 506 cm³/mol. The van der Waals surface area contributed by atoms with Crippen molar-refractivity contribution < 1.29 is 8.83 Å². The summed E-state index contributed by atoms with van der Waals surface area (Å²) in [5.41, 5.74) is 38.3. The molecule has 0 unspecified atom stereocenters. The fourth-order valence-electron chi connectivity index (χ4n) is 21.9. The van der Waals surface area contributed by atoms with Crippen molar-refractivity contribution in [3.63, 3.8) is 0 Å². The highest BCUT2D eigenvalue weighted by Crippen LogP contribution is 2.56. The molecule has 12 heterocycles. The van der Waals surface area contributed by atoms with Crippen LogP contribution in [0.5, 0.6) is 0 Å². The van der Waals surface area contributed by atoms with E-state index in [1.165, 1.54) is 203 Å². The number of rotatable bonds is 3. The summed E-state index contributed by atoms with van der Waals surface area (Å²) in [6, 6.07) is 140. The molecule has 6 aliphatic rings. The number of hydrogen-bond acceptors (Lipinski definition) is 6. The zero-order chi connectivity index (χ0) is 77.8. The monoisotopic (exact) mass is 1540 g/mol. The second kappa shape index (κ2) is 24.2. The first-order valence-electron chi connectivity index (χ1n) is 41.4. The Kier molecular flexibility index (Phi) is 13.1. The number of furan rings is 2. The lowest BCUT2D eigenvalue weighted by molar-refractivity contribution is 0.668. The molecule has 30 rings (SSSR count). The van der Waals surface area contributed by atoms with E-state index in [0.29, 0.717) is 0 Å². The molecule has 0 radical (unpaired) electrons. The molecule has 0 saturated carbocycles. The van der Waals surface area contributed by atoms with Crippen molar-refractivity contribution in [2.45, 2.75) is 0 Å². The van der Waals surface area contributed by atoms with Gasteiger partial charge in [-0.3, -0.25) is 0 Å². The molecule has 0 bridgehead atoms. The molecule has 0 fully saturated rings. The molecule has 0 N–H and O–H groups in total. The molecule has 0 aliphatic carbocycles. The van der Waals surface area contributed by atoms with E-state index in [9.17, 15) is 0 Å². The highest BCUT2D eigenvalue weighted by molar-refractivity contribution is 7.25. The maximum atomic E-state index is 6.14. The normalized spacial score (nSPS) is 13.4. The third kappa shape index (κ3) is 8.80. The molecule has 6 aliphatic heterocycles. The van der Waals surface area contributed by atoms with Crippen LogP contribution in [-0.2, 0) is 0 Å². The number of anilines is 6. The summed E-state index contributed by atoms with van der Waals surface area (Å²) in [7, 11) is 0. The molecule has 0 saturated heterocycles. The van der Waals surface area contributed by atoms with Crippen LogP contribution in [0.2, 0.25) is 0 Å². The standard InChI is InChI=1S/2C36H21BN2O.C36H21BN2S/c1-5-13-30-24(9-1)25-10-2-6-14-31(25)38-33-21-23(20-29-26-11-3-7-15-32(26)39(36(29)33)37(30)38)22-17-18-35-28(19-22)27-12-4-8-16-34(27)40-35;1-4-12-30-24(8-1)28-20-22(23-17-19-35-29(21-23)26-10-3-6-15-34(26)40-35)16-18-32(28)38-33-14-7-11-27-25-9-2-5-13-31(25)39(36(27)33)37(30)38;1-5-13-30-24(9-1)25-10-2-6-14-31(25)38-33-21-23(20-29-26-11-3-7-15-32(26)39(36(29)33)37(30)38)22-17-18-35-28(19-22)27-12-4-8-16-34(27)40-35/h3*1-21H. The van der Waals surface area contributed by atoms with Crippen LogP contribution < -0.4 is 30.8 Å². The first-order valence-corrected chi connectivity index (χ1v) is 42.2. The van der Waals surface area contributed by atoms with Gasteiger partial charge < -0.3 is 36.7 Å². The van der Waals surface area contributed by atoms with Crippen LogP contribution in [0, 0.1) is 0 Å². The summed E-state index contributed by atoms with van der Waals surface area (Å²) in [5, 5.41) is 15.2. The molecule has 0 amide bonds. The SMILES string of the molecule is c1ccc2c(c1)B1N(c3ccc(-c4ccc5oc6ccccc6c5c4)cc3-2)c2cccc3c4ccccc4n1c23.c1ccc2c(c1)B1N(c3ccccc3-2)c2cc(-c3ccc4oc5ccccc5c4c3)cc3c4ccccc4n1c23.c1ccc2c(c1)B1N(c3ccccc3-2)c2cc(-c3ccc4sc5ccccc5c4c3)cc3c4ccccc4n1c23. The first kappa shape index (κ1) is 65.0. The Bertz CT molecular complexity index is 8340. The van der Waals surface area contributed by atoms with Gasteiger partial charge in [0.05, 0.1) is 33.6 Å². The molecule has 0 spiro atoms. The van der Waals surface area contributed by atoms with E-state index in [1.54, 1.807) is 0 Å². The van der Waals surface area contributed by atoms with E-state index in [-0.39, 0.29) is 20.9 Å². The van der Waals surface area contributed by atoms with E-state index in [1.807, 2.05) is 35.6 Å². The quantitative estimate of drug-likeness (QED) is 0.165. The van der Waals surface area contributed by atoms with Crippen molar-refractivity contribution in [3.05, 3.63) is 382 Å². The minimum atomic E-state index is 0.0686. The van der Waals surface area contributed by atoms with Crippen molar-refractivity contribution in [2.24, 2.45) is 0 Å². The van der Waals surface area contributed by atoms with Crippen LogP contribution in [-0.4, -0.2) is 34.4 Å². The van der Waals surface area contributed by atoms with Crippen molar-refractivity contribution in [3.8, 4) is 66.8 Å². The average Bonchev–Trinajstić information content (AvgIpc) is 1.53. The number of aromatic nitrogens is 3. The molecule has 0 atom stereocenters. The fraction of sp³-hybridized carbons (Fsp3) is 0. The first-order chi connectivity index (χ1) is 59.5. The molecule has 24 aromatic rings. The van der Waals surface area contributed by atoms with Gasteiger partial charge in [-0.05, 0) is 194 Å². The third-order valence-corrected chi connectivity index (χ3v) is 28.0. The van der Waals surface area contributed by atoms with E-state index >= 15 is 0 Å². The van der Waals surface area contributed by atoms with Crippen LogP contribution >= 0.6 is 11.3 Å². The Morgan fingerprint density at radius 3 is 1.07 bits per heavy atom. The molecule has 18 aromatic carbocycles. The number of hydrogen-bond donors (Lipinski definition) is 0. The molecule has 8 nitrogen and oxygen atoms in total. The van der Waals surface area contributed by atoms with Gasteiger partial charge in [-0.1, -0.05) is 255 Å². The van der Waals surface area contributed by atoms with E-state index in [0.717, 1.165) is 43.9 Å². The van der Waals surface area contributed by atoms with Gasteiger partial charge in [0.2, 0.25) is 0 Å². The Hall–Kier alpha value is -15.2. The second-order valence-electron chi connectivity index (χ2n) is 32.8. The third-order valence-electron chi connectivity index (χ3n) is 26.8. The lowest BCUT2D eigenvalue weighted by atomic mass is 9.60. The lowest BCUT2D eigenvalue weighted by Crippen LogP contribution is -2.51. The average molecular weight is 1540 g/mol. The van der Waals surface area contributed by atoms with Gasteiger partial charge in [0, 0.05) is 124 Å². The largest absolute Gasteiger partial charge is 0.456 e. The van der Waals surface area contributed by atoms with Crippen molar-refractivity contribution in [2.75, 3.05) is 14.4 Å². The van der Waals surface area contributed by atoms with Crippen LogP contribution in [0.4, 0.5) is 34.1 Å². The van der Waals surface area contributed by atoms with Crippen LogP contribution in [0.3, 0.4) is 0 Å². The summed E-state index contributed by atoms with van der Waals surface area (Å²) < 4.78 is 22.6. The van der Waals surface area contributed by atoms with Crippen LogP contribution in [0.25, 0.3) is 196 Å². The number of para-hydroxylation sites is 8. The summed E-state index contributed by atoms with van der Waals surface area (Å²) in [6.07, 6.45) is 0. The molecule has 6 aromatic heterocycles. The number of benzene rings is 18. The Morgan fingerprint density at radius 1 is 0.192 bits per heavy atom. The zero-order valence-electron chi connectivity index (χ0n) is 64.5. The van der Waals surface area contributed by atoms with Crippen LogP contribution in [0.15, 0.2) is 391 Å². The fourth-order valence-corrected chi connectivity index (χ4v) is 22.9. The Labute approximate surface area is 693 Å². The highest BCUT2D eigenvalue weighted by Gasteiger charge is 2.49. The zero-order valence-corrected chi connectivity index (χ0v) is 65.3. The topological polar surface area (TPSA) is 50.8 Å². The van der Waals surface area contributed by atoms with Gasteiger partial charge >= 0.3 is 20.9 Å². The molecule has 120 heavy (non-hydrogen) atoms. The van der Waals surface area contributed by atoms with E-state index in [2.05, 4.69) is 386 Å². The molecule has 12 heteroatoms. The van der Waals surface area contributed by atoms with Crippen LogP contribution in [0.1, 0.15) is 0 Å². The predicted octanol–water partition coefficient (Wildman–Crippen LogP) is 26.7. The summed E-state index contributed by atoms with van der Waals surface area (Å²) in [5.74, 6) is 0. The summed E-state index contributed by atoms with van der Waals surface area (Å²) in [6.45, 7) is 0.240. The van der Waals surface area contributed by atoms with Crippen molar-refractivity contribution >= 4 is 212 Å². The maximum absolute atomic E-state index is 6.14. The molecular weight excluding hydrogens is 1480 g/mol. The maximum Gasteiger partial charge on any atom is 0.421 e. The Balaban J connectivity index is 0.0000000931. The minimum absolute atomic E-state index is 0.0686. The van der Waals surface area contributed by atoms with Crippen molar-refractivity contribution in [1.82, 2.24) is 13.4 Å². The van der Waals surface area contributed by atoms with Gasteiger partial charge in [0.15, 0.2) is 0 Å². The van der Waals surface area contributed by atoms with E-state index < -0.39 is 0 Å². The minimum Gasteiger partial charge on any atom is -0.456 e. The highest BCUT2D eigenvalue weighted by atomic mass is 32.1. The van der Waals surface area contributed by atoms with Gasteiger partial charge in [0.25, 0.3) is 0 Å². The van der Waals surface area contributed by atoms with Gasteiger partial charge in [-0.25, -0.2) is 0 Å². The van der Waals surface area contributed by atoms with Gasteiger partial charge in [0.1, 0.15) is 22.3 Å². The summed E-state index contributed by atoms with van der Waals surface area (Å²) >= 11 is 1.88. The number of nitrogens with zero attached hydrogens (tertiary/aromatic N) is 6. The van der Waals surface area contributed by atoms with Gasteiger partial charge in [-0.15, -0.1) is 11.3 Å². The van der Waals surface area contributed by atoms with Gasteiger partial charge in [-0.2, -0.15) is 0 Å². The Morgan fingerprint density at radius 2 is 0.533 bits per heavy atom. The van der Waals surface area contributed by atoms with E-state index in [4.69, 9.17) is 8.83 Å².